The maximum absolute atomic E-state index is 14.5. The summed E-state index contributed by atoms with van der Waals surface area (Å²) in [6.07, 6.45) is -3.84. The van der Waals surface area contributed by atoms with Crippen LogP contribution in [0.3, 0.4) is 0 Å². The summed E-state index contributed by atoms with van der Waals surface area (Å²) >= 11 is 0. The minimum atomic E-state index is -1.41. The molecule has 8 nitrogen and oxygen atoms in total. The van der Waals surface area contributed by atoms with Crippen LogP contribution in [0.25, 0.3) is 0 Å². The van der Waals surface area contributed by atoms with Gasteiger partial charge in [0.25, 0.3) is 5.91 Å². The van der Waals surface area contributed by atoms with E-state index in [1.807, 2.05) is 20.8 Å². The number of amides is 1. The number of aromatic nitrogens is 2. The van der Waals surface area contributed by atoms with E-state index in [1.54, 1.807) is 12.1 Å². The van der Waals surface area contributed by atoms with Gasteiger partial charge in [-0.1, -0.05) is 0 Å². The van der Waals surface area contributed by atoms with E-state index in [9.17, 15) is 24.2 Å². The summed E-state index contributed by atoms with van der Waals surface area (Å²) in [5.41, 5.74) is 2.26. The number of benzene rings is 1. The van der Waals surface area contributed by atoms with Crippen LogP contribution < -0.4 is 11.0 Å². The lowest BCUT2D eigenvalue weighted by Crippen LogP contribution is -2.36. The van der Waals surface area contributed by atoms with Crippen LogP contribution in [-0.4, -0.2) is 44.0 Å². The van der Waals surface area contributed by atoms with Crippen molar-refractivity contribution in [1.29, 1.82) is 0 Å². The van der Waals surface area contributed by atoms with Crippen molar-refractivity contribution < 1.29 is 24.1 Å². The summed E-state index contributed by atoms with van der Waals surface area (Å²) in [4.78, 5) is 28.3. The molecule has 28 heavy (non-hydrogen) atoms. The number of rotatable bonds is 3. The quantitative estimate of drug-likeness (QED) is 0.725. The van der Waals surface area contributed by atoms with Crippen molar-refractivity contribution in [2.24, 2.45) is 0 Å². The standard InChI is InChI=1S/C19H22FN3O5/c1-8-5-12(6-9(2)10(8)3)17(26)21-16-13(20)7-23(19(27)22-16)18-15(25)14(24)11(4)28-18/h5-7,11,14-15,18,24-25H,1-4H3,(H,21,22,26,27)/t11-,14-,15-,18-/m1/s1. The Morgan fingerprint density at radius 2 is 1.82 bits per heavy atom. The molecule has 1 aliphatic rings. The second kappa shape index (κ2) is 7.42. The molecule has 1 aliphatic heterocycles. The van der Waals surface area contributed by atoms with Crippen molar-refractivity contribution in [1.82, 2.24) is 9.55 Å². The smallest absolute Gasteiger partial charge is 0.351 e. The number of carbonyl (C=O) groups is 1. The van der Waals surface area contributed by atoms with Crippen molar-refractivity contribution in [2.75, 3.05) is 5.32 Å². The third-order valence-electron chi connectivity index (χ3n) is 5.08. The molecule has 0 bridgehead atoms. The van der Waals surface area contributed by atoms with Crippen LogP contribution in [0, 0.1) is 26.6 Å². The molecule has 1 saturated heterocycles. The molecule has 1 aromatic heterocycles. The van der Waals surface area contributed by atoms with Crippen LogP contribution in [0.5, 0.6) is 0 Å². The minimum absolute atomic E-state index is 0.317. The van der Waals surface area contributed by atoms with E-state index < -0.39 is 47.8 Å². The van der Waals surface area contributed by atoms with Crippen molar-refractivity contribution in [3.8, 4) is 0 Å². The van der Waals surface area contributed by atoms with Crippen LogP contribution in [-0.2, 0) is 4.74 Å². The maximum Gasteiger partial charge on any atom is 0.351 e. The fourth-order valence-electron chi connectivity index (χ4n) is 3.12. The number of hydrogen-bond donors (Lipinski definition) is 3. The number of nitrogens with one attached hydrogen (secondary N) is 1. The zero-order valence-electron chi connectivity index (χ0n) is 15.9. The molecule has 1 fully saturated rings. The number of hydrogen-bond acceptors (Lipinski definition) is 6. The van der Waals surface area contributed by atoms with Crippen molar-refractivity contribution in [3.63, 3.8) is 0 Å². The number of nitrogens with zero attached hydrogens (tertiary/aromatic N) is 2. The Bertz CT molecular complexity index is 967. The predicted octanol–water partition coefficient (Wildman–Crippen LogP) is 1.20. The lowest BCUT2D eigenvalue weighted by atomic mass is 10.0. The van der Waals surface area contributed by atoms with Gasteiger partial charge in [-0.2, -0.15) is 4.98 Å². The van der Waals surface area contributed by atoms with E-state index in [0.29, 0.717) is 5.56 Å². The van der Waals surface area contributed by atoms with Gasteiger partial charge in [0.15, 0.2) is 17.9 Å². The topological polar surface area (TPSA) is 114 Å². The van der Waals surface area contributed by atoms with Gasteiger partial charge in [-0.25, -0.2) is 9.18 Å². The zero-order valence-corrected chi connectivity index (χ0v) is 15.9. The van der Waals surface area contributed by atoms with Crippen LogP contribution >= 0.6 is 0 Å². The first kappa shape index (κ1) is 20.1. The predicted molar refractivity (Wildman–Crippen MR) is 98.7 cm³/mol. The number of aliphatic hydroxyl groups excluding tert-OH is 2. The molecular weight excluding hydrogens is 369 g/mol. The lowest BCUT2D eigenvalue weighted by Gasteiger charge is -2.18. The van der Waals surface area contributed by atoms with E-state index in [4.69, 9.17) is 4.74 Å². The second-order valence-electron chi connectivity index (χ2n) is 7.03. The molecule has 0 unspecified atom stereocenters. The van der Waals surface area contributed by atoms with Crippen LogP contribution in [0.4, 0.5) is 10.2 Å². The van der Waals surface area contributed by atoms with Gasteiger partial charge in [0.2, 0.25) is 0 Å². The van der Waals surface area contributed by atoms with Crippen molar-refractivity contribution in [2.45, 2.75) is 52.2 Å². The SMILES string of the molecule is Cc1cc(C(=O)Nc2nc(=O)n([C@@H]3O[C@H](C)[C@@H](O)[C@H]3O)cc2F)cc(C)c1C. The Balaban J connectivity index is 1.88. The average Bonchev–Trinajstić information content (AvgIpc) is 2.89. The van der Waals surface area contributed by atoms with Gasteiger partial charge >= 0.3 is 5.69 Å². The second-order valence-corrected chi connectivity index (χ2v) is 7.03. The monoisotopic (exact) mass is 391 g/mol. The molecule has 150 valence electrons. The van der Waals surface area contributed by atoms with Gasteiger partial charge in [0.1, 0.15) is 12.2 Å². The highest BCUT2D eigenvalue weighted by Gasteiger charge is 2.42. The fraction of sp³-hybridized carbons (Fsp3) is 0.421. The Labute approximate surface area is 160 Å². The number of aryl methyl sites for hydroxylation is 2. The van der Waals surface area contributed by atoms with Gasteiger partial charge in [0, 0.05) is 5.56 Å². The molecule has 3 rings (SSSR count). The number of aliphatic hydroxyl groups is 2. The highest BCUT2D eigenvalue weighted by atomic mass is 19.1. The van der Waals surface area contributed by atoms with Crippen LogP contribution in [0.15, 0.2) is 23.1 Å². The minimum Gasteiger partial charge on any atom is -0.388 e. The Morgan fingerprint density at radius 1 is 1.21 bits per heavy atom. The first-order chi connectivity index (χ1) is 13.1. The molecule has 1 amide bonds. The van der Waals surface area contributed by atoms with E-state index in [-0.39, 0.29) is 0 Å². The van der Waals surface area contributed by atoms with Crippen molar-refractivity contribution in [3.05, 3.63) is 56.9 Å². The Morgan fingerprint density at radius 3 is 2.36 bits per heavy atom. The zero-order chi connectivity index (χ0) is 20.7. The molecule has 2 aromatic rings. The summed E-state index contributed by atoms with van der Waals surface area (Å²) in [7, 11) is 0. The third kappa shape index (κ3) is 3.56. The van der Waals surface area contributed by atoms with Gasteiger partial charge < -0.3 is 20.3 Å². The molecule has 9 heteroatoms. The molecule has 1 aromatic carbocycles. The summed E-state index contributed by atoms with van der Waals surface area (Å²) in [5, 5.41) is 22.0. The highest BCUT2D eigenvalue weighted by molar-refractivity contribution is 6.04. The molecular formula is C19H22FN3O5. The first-order valence-corrected chi connectivity index (χ1v) is 8.79. The Hall–Kier alpha value is -2.62. The summed E-state index contributed by atoms with van der Waals surface area (Å²) in [6.45, 7) is 7.18. The van der Waals surface area contributed by atoms with Gasteiger partial charge in [-0.3, -0.25) is 9.36 Å². The van der Waals surface area contributed by atoms with E-state index >= 15 is 0 Å². The number of anilines is 1. The summed E-state index contributed by atoms with van der Waals surface area (Å²) in [6, 6.07) is 3.34. The molecule has 0 radical (unpaired) electrons. The molecule has 3 N–H and O–H groups in total. The number of carbonyl (C=O) groups excluding carboxylic acids is 1. The van der Waals surface area contributed by atoms with Crippen molar-refractivity contribution >= 4 is 11.7 Å². The first-order valence-electron chi connectivity index (χ1n) is 8.79. The molecule has 0 aliphatic carbocycles. The van der Waals surface area contributed by atoms with Crippen LogP contribution in [0.2, 0.25) is 0 Å². The van der Waals surface area contributed by atoms with Gasteiger partial charge in [-0.05, 0) is 56.5 Å². The normalized spacial score (nSPS) is 24.4. The molecule has 4 atom stereocenters. The Kier molecular flexibility index (Phi) is 5.33. The highest BCUT2D eigenvalue weighted by Crippen LogP contribution is 2.28. The largest absolute Gasteiger partial charge is 0.388 e. The fourth-order valence-corrected chi connectivity index (χ4v) is 3.12. The summed E-state index contributed by atoms with van der Waals surface area (Å²) < 4.78 is 20.5. The summed E-state index contributed by atoms with van der Waals surface area (Å²) in [5.74, 6) is -2.10. The van der Waals surface area contributed by atoms with E-state index in [1.165, 1.54) is 6.92 Å². The molecule has 0 spiro atoms. The lowest BCUT2D eigenvalue weighted by molar-refractivity contribution is -0.0355. The maximum atomic E-state index is 14.5. The number of halogens is 1. The van der Waals surface area contributed by atoms with Gasteiger partial charge in [0.05, 0.1) is 12.3 Å². The third-order valence-corrected chi connectivity index (χ3v) is 5.08. The molecule has 0 saturated carbocycles. The average molecular weight is 391 g/mol. The van der Waals surface area contributed by atoms with Crippen LogP contribution in [0.1, 0.15) is 40.2 Å². The van der Waals surface area contributed by atoms with E-state index in [2.05, 4.69) is 10.3 Å². The molecule has 2 heterocycles. The number of ether oxygens (including phenoxy) is 1. The van der Waals surface area contributed by atoms with Gasteiger partial charge in [-0.15, -0.1) is 0 Å². The van der Waals surface area contributed by atoms with E-state index in [0.717, 1.165) is 27.5 Å².